The summed E-state index contributed by atoms with van der Waals surface area (Å²) in [4.78, 5) is 16.8. The van der Waals surface area contributed by atoms with Gasteiger partial charge in [0.2, 0.25) is 5.91 Å². The molecule has 1 aliphatic rings. The van der Waals surface area contributed by atoms with Crippen molar-refractivity contribution in [2.24, 2.45) is 11.3 Å². The second kappa shape index (κ2) is 6.01. The number of amides is 1. The first-order valence-corrected chi connectivity index (χ1v) is 7.78. The third-order valence-corrected chi connectivity index (χ3v) is 4.94. The third kappa shape index (κ3) is 3.54. The number of hydrogen-bond acceptors (Lipinski definition) is 4. The summed E-state index contributed by atoms with van der Waals surface area (Å²) in [5.41, 5.74) is 0.699. The molecule has 1 amide bonds. The molecular formula is C14H23N3OS. The van der Waals surface area contributed by atoms with Crippen molar-refractivity contribution in [3.8, 4) is 0 Å². The molecule has 1 aromatic rings. The van der Waals surface area contributed by atoms with E-state index in [4.69, 9.17) is 0 Å². The van der Waals surface area contributed by atoms with Crippen LogP contribution < -0.4 is 10.6 Å². The van der Waals surface area contributed by atoms with Crippen molar-refractivity contribution >= 4 is 17.2 Å². The number of nitrogens with zero attached hydrogens (tertiary/aromatic N) is 1. The first-order valence-electron chi connectivity index (χ1n) is 6.90. The Labute approximate surface area is 119 Å². The average molecular weight is 281 g/mol. The quantitative estimate of drug-likeness (QED) is 0.888. The summed E-state index contributed by atoms with van der Waals surface area (Å²) in [5.74, 6) is 0.549. The Balaban J connectivity index is 1.90. The number of piperidine rings is 1. The Morgan fingerprint density at radius 1 is 1.63 bits per heavy atom. The normalized spacial score (nSPS) is 20.3. The molecule has 0 aromatic carbocycles. The molecule has 0 aliphatic carbocycles. The predicted octanol–water partition coefficient (Wildman–Crippen LogP) is 2.09. The highest BCUT2D eigenvalue weighted by Crippen LogP contribution is 2.32. The van der Waals surface area contributed by atoms with Gasteiger partial charge >= 0.3 is 0 Å². The van der Waals surface area contributed by atoms with Crippen molar-refractivity contribution < 1.29 is 4.79 Å². The number of rotatable bonds is 4. The zero-order chi connectivity index (χ0) is 13.9. The molecule has 1 unspecified atom stereocenters. The van der Waals surface area contributed by atoms with Crippen LogP contribution in [0.15, 0.2) is 5.38 Å². The molecule has 1 aliphatic heterocycles. The highest BCUT2D eigenvalue weighted by atomic mass is 32.1. The van der Waals surface area contributed by atoms with Crippen molar-refractivity contribution in [1.29, 1.82) is 0 Å². The summed E-state index contributed by atoms with van der Waals surface area (Å²) in [6.07, 6.45) is 2.29. The van der Waals surface area contributed by atoms with Gasteiger partial charge in [0, 0.05) is 16.5 Å². The van der Waals surface area contributed by atoms with Crippen LogP contribution in [-0.2, 0) is 11.3 Å². The Morgan fingerprint density at radius 3 is 3.00 bits per heavy atom. The lowest BCUT2D eigenvalue weighted by Crippen LogP contribution is -2.47. The fourth-order valence-electron chi connectivity index (χ4n) is 2.52. The summed E-state index contributed by atoms with van der Waals surface area (Å²) < 4.78 is 0. The number of hydrogen-bond donors (Lipinski definition) is 2. The van der Waals surface area contributed by atoms with Crippen molar-refractivity contribution in [1.82, 2.24) is 15.6 Å². The molecule has 0 radical (unpaired) electrons. The number of carbonyl (C=O) groups is 1. The minimum atomic E-state index is -0.320. The standard InChI is InChI=1S/C14H23N3OS/c1-10-9-19-12(17-10)8-16-13(18)14(2,3)11-5-4-6-15-7-11/h9,11,15H,4-8H2,1-3H3,(H,16,18). The van der Waals surface area contributed by atoms with Crippen molar-refractivity contribution in [2.45, 2.75) is 40.2 Å². The molecule has 1 aromatic heterocycles. The SMILES string of the molecule is Cc1csc(CNC(=O)C(C)(C)C2CCCNC2)n1. The van der Waals surface area contributed by atoms with Gasteiger partial charge in [0.25, 0.3) is 0 Å². The smallest absolute Gasteiger partial charge is 0.226 e. The molecule has 1 fully saturated rings. The predicted molar refractivity (Wildman–Crippen MR) is 78.1 cm³/mol. The lowest BCUT2D eigenvalue weighted by atomic mass is 9.74. The topological polar surface area (TPSA) is 54.0 Å². The molecule has 19 heavy (non-hydrogen) atoms. The second-order valence-electron chi connectivity index (χ2n) is 5.83. The average Bonchev–Trinajstić information content (AvgIpc) is 2.82. The summed E-state index contributed by atoms with van der Waals surface area (Å²) in [5, 5.41) is 9.40. The molecule has 106 valence electrons. The maximum absolute atomic E-state index is 12.4. The van der Waals surface area contributed by atoms with Gasteiger partial charge in [-0.15, -0.1) is 11.3 Å². The van der Waals surface area contributed by atoms with E-state index in [1.807, 2.05) is 26.2 Å². The number of nitrogens with one attached hydrogen (secondary N) is 2. The molecule has 4 nitrogen and oxygen atoms in total. The van der Waals surface area contributed by atoms with Crippen LogP contribution in [0.5, 0.6) is 0 Å². The van der Waals surface area contributed by atoms with Gasteiger partial charge in [0.1, 0.15) is 5.01 Å². The third-order valence-electron chi connectivity index (χ3n) is 3.97. The number of thiazole rings is 1. The van der Waals surface area contributed by atoms with E-state index in [-0.39, 0.29) is 11.3 Å². The van der Waals surface area contributed by atoms with E-state index in [1.165, 1.54) is 0 Å². The molecular weight excluding hydrogens is 258 g/mol. The monoisotopic (exact) mass is 281 g/mol. The van der Waals surface area contributed by atoms with Gasteiger partial charge in [0.15, 0.2) is 0 Å². The van der Waals surface area contributed by atoms with Crippen LogP contribution >= 0.6 is 11.3 Å². The van der Waals surface area contributed by atoms with Gasteiger partial charge in [-0.05, 0) is 38.8 Å². The van der Waals surface area contributed by atoms with Crippen LogP contribution in [0.1, 0.15) is 37.4 Å². The zero-order valence-electron chi connectivity index (χ0n) is 12.0. The lowest BCUT2D eigenvalue weighted by Gasteiger charge is -2.35. The van der Waals surface area contributed by atoms with Gasteiger partial charge in [-0.2, -0.15) is 0 Å². The summed E-state index contributed by atoms with van der Waals surface area (Å²) in [6.45, 7) is 8.63. The highest BCUT2D eigenvalue weighted by Gasteiger charge is 2.37. The zero-order valence-corrected chi connectivity index (χ0v) is 12.8. The van der Waals surface area contributed by atoms with Crippen LogP contribution in [0.25, 0.3) is 0 Å². The van der Waals surface area contributed by atoms with Gasteiger partial charge in [-0.25, -0.2) is 4.98 Å². The van der Waals surface area contributed by atoms with Gasteiger partial charge < -0.3 is 10.6 Å². The lowest BCUT2D eigenvalue weighted by molar-refractivity contribution is -0.132. The van der Waals surface area contributed by atoms with Crippen LogP contribution in [0, 0.1) is 18.3 Å². The molecule has 1 atom stereocenters. The summed E-state index contributed by atoms with van der Waals surface area (Å²) >= 11 is 1.60. The van der Waals surface area contributed by atoms with E-state index in [2.05, 4.69) is 15.6 Å². The van der Waals surface area contributed by atoms with Crippen LogP contribution in [-0.4, -0.2) is 24.0 Å². The highest BCUT2D eigenvalue weighted by molar-refractivity contribution is 7.09. The van der Waals surface area contributed by atoms with Crippen molar-refractivity contribution in [3.05, 3.63) is 16.1 Å². The fourth-order valence-corrected chi connectivity index (χ4v) is 3.23. The molecule has 2 N–H and O–H groups in total. The van der Waals surface area contributed by atoms with E-state index < -0.39 is 0 Å². The largest absolute Gasteiger partial charge is 0.349 e. The number of aryl methyl sites for hydroxylation is 1. The fraction of sp³-hybridized carbons (Fsp3) is 0.714. The first-order chi connectivity index (χ1) is 9.00. The summed E-state index contributed by atoms with van der Waals surface area (Å²) in [6, 6.07) is 0. The molecule has 2 rings (SSSR count). The Kier molecular flexibility index (Phi) is 4.58. The minimum absolute atomic E-state index is 0.133. The van der Waals surface area contributed by atoms with Crippen LogP contribution in [0.3, 0.4) is 0 Å². The summed E-state index contributed by atoms with van der Waals surface area (Å²) in [7, 11) is 0. The van der Waals surface area contributed by atoms with Crippen molar-refractivity contribution in [2.75, 3.05) is 13.1 Å². The first kappa shape index (κ1) is 14.5. The second-order valence-corrected chi connectivity index (χ2v) is 6.77. The number of aromatic nitrogens is 1. The minimum Gasteiger partial charge on any atom is -0.349 e. The maximum atomic E-state index is 12.4. The number of carbonyl (C=O) groups excluding carboxylic acids is 1. The van der Waals surface area contributed by atoms with Gasteiger partial charge in [-0.1, -0.05) is 13.8 Å². The van der Waals surface area contributed by atoms with E-state index in [0.29, 0.717) is 12.5 Å². The van der Waals surface area contributed by atoms with Gasteiger partial charge in [-0.3, -0.25) is 4.79 Å². The van der Waals surface area contributed by atoms with E-state index in [1.54, 1.807) is 11.3 Å². The Morgan fingerprint density at radius 2 is 2.42 bits per heavy atom. The molecule has 0 bridgehead atoms. The molecule has 0 spiro atoms. The molecule has 2 heterocycles. The van der Waals surface area contributed by atoms with Crippen molar-refractivity contribution in [3.63, 3.8) is 0 Å². The Hall–Kier alpha value is -0.940. The molecule has 5 heteroatoms. The van der Waals surface area contributed by atoms with E-state index in [0.717, 1.165) is 36.6 Å². The molecule has 1 saturated heterocycles. The van der Waals surface area contributed by atoms with E-state index in [9.17, 15) is 4.79 Å². The van der Waals surface area contributed by atoms with Crippen LogP contribution in [0.4, 0.5) is 0 Å². The van der Waals surface area contributed by atoms with E-state index >= 15 is 0 Å². The molecule has 0 saturated carbocycles. The Bertz CT molecular complexity index is 436. The maximum Gasteiger partial charge on any atom is 0.226 e. The van der Waals surface area contributed by atoms with Crippen LogP contribution in [0.2, 0.25) is 0 Å². The van der Waals surface area contributed by atoms with Gasteiger partial charge in [0.05, 0.1) is 6.54 Å².